The predicted octanol–water partition coefficient (Wildman–Crippen LogP) is 1.37. The molecule has 0 bridgehead atoms. The summed E-state index contributed by atoms with van der Waals surface area (Å²) in [6.45, 7) is 2.89. The Morgan fingerprint density at radius 1 is 1.45 bits per heavy atom. The van der Waals surface area contributed by atoms with Gasteiger partial charge in [-0.3, -0.25) is 4.55 Å². The molecule has 0 saturated carbocycles. The van der Waals surface area contributed by atoms with E-state index in [4.69, 9.17) is 0 Å². The summed E-state index contributed by atoms with van der Waals surface area (Å²) in [4.78, 5) is 13.2. The van der Waals surface area contributed by atoms with Crippen molar-refractivity contribution in [1.29, 1.82) is 0 Å². The first-order chi connectivity index (χ1) is 9.32. The second-order valence-electron chi connectivity index (χ2n) is 5.00. The van der Waals surface area contributed by atoms with Crippen LogP contribution in [0.4, 0.5) is 4.79 Å². The summed E-state index contributed by atoms with van der Waals surface area (Å²) >= 11 is 0. The van der Waals surface area contributed by atoms with Crippen LogP contribution in [-0.2, 0) is 10.1 Å². The van der Waals surface area contributed by atoms with Crippen LogP contribution in [0.2, 0.25) is 0 Å². The summed E-state index contributed by atoms with van der Waals surface area (Å²) in [6, 6.07) is 4.66. The number of nitrogens with zero attached hydrogens (tertiary/aromatic N) is 1. The second kappa shape index (κ2) is 5.41. The molecule has 110 valence electrons. The summed E-state index contributed by atoms with van der Waals surface area (Å²) in [5, 5.41) is 2.55. The maximum absolute atomic E-state index is 11.6. The van der Waals surface area contributed by atoms with E-state index < -0.39 is 10.1 Å². The van der Waals surface area contributed by atoms with E-state index in [2.05, 4.69) is 5.32 Å². The number of rotatable bonds is 2. The van der Waals surface area contributed by atoms with Crippen molar-refractivity contribution in [2.45, 2.75) is 24.2 Å². The van der Waals surface area contributed by atoms with Gasteiger partial charge in [0.25, 0.3) is 10.1 Å². The number of benzene rings is 1. The summed E-state index contributed by atoms with van der Waals surface area (Å²) in [5.74, 6) is -0.0795. The number of hydrogen-bond acceptors (Lipinski definition) is 3. The van der Waals surface area contributed by atoms with Gasteiger partial charge in [-0.2, -0.15) is 8.42 Å². The van der Waals surface area contributed by atoms with Crippen molar-refractivity contribution in [3.63, 3.8) is 0 Å². The van der Waals surface area contributed by atoms with E-state index >= 15 is 0 Å². The molecule has 1 heterocycles. The number of amides is 2. The lowest BCUT2D eigenvalue weighted by atomic mass is 9.97. The fourth-order valence-electron chi connectivity index (χ4n) is 2.58. The van der Waals surface area contributed by atoms with Crippen LogP contribution in [0.3, 0.4) is 0 Å². The molecule has 2 rings (SSSR count). The Morgan fingerprint density at radius 3 is 2.75 bits per heavy atom. The smallest absolute Gasteiger partial charge is 0.317 e. The van der Waals surface area contributed by atoms with Crippen LogP contribution in [0.25, 0.3) is 0 Å². The van der Waals surface area contributed by atoms with Gasteiger partial charge in [-0.25, -0.2) is 4.79 Å². The molecule has 6 nitrogen and oxygen atoms in total. The Labute approximate surface area is 118 Å². The largest absolute Gasteiger partial charge is 0.341 e. The van der Waals surface area contributed by atoms with Crippen molar-refractivity contribution in [3.05, 3.63) is 29.3 Å². The fourth-order valence-corrected chi connectivity index (χ4v) is 3.34. The average Bonchev–Trinajstić information content (AvgIpc) is 2.85. The molecule has 1 saturated heterocycles. The first kappa shape index (κ1) is 14.8. The molecule has 0 radical (unpaired) electrons. The zero-order chi connectivity index (χ0) is 14.9. The third kappa shape index (κ3) is 2.94. The lowest BCUT2D eigenvalue weighted by Crippen LogP contribution is -2.36. The number of aryl methyl sites for hydroxylation is 1. The maximum atomic E-state index is 11.6. The molecule has 2 N–H and O–H groups in total. The number of likely N-dealkylation sites (tertiary alicyclic amines) is 1. The highest BCUT2D eigenvalue weighted by Crippen LogP contribution is 2.32. The van der Waals surface area contributed by atoms with E-state index in [9.17, 15) is 17.8 Å². The quantitative estimate of drug-likeness (QED) is 0.807. The van der Waals surface area contributed by atoms with Crippen LogP contribution in [-0.4, -0.2) is 44.0 Å². The van der Waals surface area contributed by atoms with Crippen molar-refractivity contribution in [3.8, 4) is 0 Å². The second-order valence-corrected chi connectivity index (χ2v) is 6.39. The molecular weight excluding hydrogens is 280 g/mol. The van der Waals surface area contributed by atoms with Crippen LogP contribution >= 0.6 is 0 Å². The lowest BCUT2D eigenvalue weighted by molar-refractivity contribution is 0.210. The van der Waals surface area contributed by atoms with Gasteiger partial charge in [0.2, 0.25) is 0 Å². The van der Waals surface area contributed by atoms with Gasteiger partial charge in [-0.15, -0.1) is 0 Å². The third-order valence-corrected chi connectivity index (χ3v) is 4.50. The van der Waals surface area contributed by atoms with Crippen LogP contribution < -0.4 is 5.32 Å². The minimum Gasteiger partial charge on any atom is -0.341 e. The maximum Gasteiger partial charge on any atom is 0.317 e. The zero-order valence-corrected chi connectivity index (χ0v) is 12.3. The SMILES string of the molecule is CNC(=O)N1CCC(c2cc(C)ccc2S(=O)(=O)O)C1. The standard InChI is InChI=1S/C13H18N2O4S/c1-9-3-4-12(20(17,18)19)11(7-9)10-5-6-15(8-10)13(16)14-2/h3-4,7,10H,5-6,8H2,1-2H3,(H,14,16)(H,17,18,19). The molecular formula is C13H18N2O4S. The molecule has 1 atom stereocenters. The molecule has 7 heteroatoms. The predicted molar refractivity (Wildman–Crippen MR) is 74.4 cm³/mol. The van der Waals surface area contributed by atoms with Crippen molar-refractivity contribution in [2.24, 2.45) is 0 Å². The number of hydrogen-bond donors (Lipinski definition) is 2. The topological polar surface area (TPSA) is 86.7 Å². The number of carbonyl (C=O) groups is 1. The van der Waals surface area contributed by atoms with Crippen molar-refractivity contribution >= 4 is 16.1 Å². The van der Waals surface area contributed by atoms with Gasteiger partial charge in [-0.1, -0.05) is 17.7 Å². The molecule has 1 unspecified atom stereocenters. The van der Waals surface area contributed by atoms with Gasteiger partial charge in [0.1, 0.15) is 0 Å². The number of carbonyl (C=O) groups excluding carboxylic acids is 1. The van der Waals surface area contributed by atoms with E-state index in [1.807, 2.05) is 6.92 Å². The van der Waals surface area contributed by atoms with Gasteiger partial charge < -0.3 is 10.2 Å². The molecule has 1 fully saturated rings. The van der Waals surface area contributed by atoms with E-state index in [1.54, 1.807) is 24.1 Å². The lowest BCUT2D eigenvalue weighted by Gasteiger charge is -2.17. The molecule has 20 heavy (non-hydrogen) atoms. The molecule has 1 aliphatic rings. The fraction of sp³-hybridized carbons (Fsp3) is 0.462. The van der Waals surface area contributed by atoms with E-state index in [0.717, 1.165) is 5.56 Å². The van der Waals surface area contributed by atoms with E-state index in [0.29, 0.717) is 25.1 Å². The van der Waals surface area contributed by atoms with E-state index in [1.165, 1.54) is 6.07 Å². The summed E-state index contributed by atoms with van der Waals surface area (Å²) in [6.07, 6.45) is 0.680. The van der Waals surface area contributed by atoms with Crippen molar-refractivity contribution < 1.29 is 17.8 Å². The van der Waals surface area contributed by atoms with Gasteiger partial charge in [0.05, 0.1) is 4.90 Å². The monoisotopic (exact) mass is 298 g/mol. The Balaban J connectivity index is 2.34. The molecule has 0 spiro atoms. The minimum absolute atomic E-state index is 0.0631. The Hall–Kier alpha value is -1.60. The Bertz CT molecular complexity index is 627. The minimum atomic E-state index is -4.25. The molecule has 1 aromatic carbocycles. The third-order valence-electron chi connectivity index (χ3n) is 3.57. The molecule has 1 aromatic rings. The van der Waals surface area contributed by atoms with Crippen LogP contribution in [0.1, 0.15) is 23.5 Å². The van der Waals surface area contributed by atoms with Crippen LogP contribution in [0.5, 0.6) is 0 Å². The first-order valence-corrected chi connectivity index (χ1v) is 7.81. The van der Waals surface area contributed by atoms with Crippen molar-refractivity contribution in [2.75, 3.05) is 20.1 Å². The molecule has 1 aliphatic heterocycles. The Kier molecular flexibility index (Phi) is 4.01. The van der Waals surface area contributed by atoms with Gasteiger partial charge in [0.15, 0.2) is 0 Å². The van der Waals surface area contributed by atoms with Crippen LogP contribution in [0, 0.1) is 6.92 Å². The van der Waals surface area contributed by atoms with Gasteiger partial charge >= 0.3 is 6.03 Å². The summed E-state index contributed by atoms with van der Waals surface area (Å²) < 4.78 is 32.2. The highest BCUT2D eigenvalue weighted by molar-refractivity contribution is 7.85. The first-order valence-electron chi connectivity index (χ1n) is 6.37. The number of nitrogens with one attached hydrogen (secondary N) is 1. The summed E-state index contributed by atoms with van der Waals surface area (Å²) in [5.41, 5.74) is 1.50. The Morgan fingerprint density at radius 2 is 2.15 bits per heavy atom. The highest BCUT2D eigenvalue weighted by Gasteiger charge is 2.30. The molecule has 2 amide bonds. The average molecular weight is 298 g/mol. The van der Waals surface area contributed by atoms with Crippen molar-refractivity contribution in [1.82, 2.24) is 10.2 Å². The number of urea groups is 1. The van der Waals surface area contributed by atoms with Gasteiger partial charge in [0, 0.05) is 26.1 Å². The molecule has 0 aromatic heterocycles. The normalized spacial score (nSPS) is 19.1. The summed E-state index contributed by atoms with van der Waals surface area (Å²) in [7, 11) is -2.69. The highest BCUT2D eigenvalue weighted by atomic mass is 32.2. The van der Waals surface area contributed by atoms with Gasteiger partial charge in [-0.05, 0) is 25.0 Å². The van der Waals surface area contributed by atoms with E-state index in [-0.39, 0.29) is 16.8 Å². The van der Waals surface area contributed by atoms with Crippen LogP contribution in [0.15, 0.2) is 23.1 Å². The zero-order valence-electron chi connectivity index (χ0n) is 11.5. The molecule has 0 aliphatic carbocycles.